The van der Waals surface area contributed by atoms with Gasteiger partial charge in [-0.2, -0.15) is 4.98 Å². The first-order chi connectivity index (χ1) is 6.48. The van der Waals surface area contributed by atoms with E-state index < -0.39 is 0 Å². The lowest BCUT2D eigenvalue weighted by Gasteiger charge is -2.23. The Kier molecular flexibility index (Phi) is 2.10. The standard InChI is InChI=1S/C10H17N3O/c1-10(2,3)7(11)9-12-8(13-14-9)6-4-5-6/h6-7H,4-5,11H2,1-3H3. The molecule has 1 atom stereocenters. The topological polar surface area (TPSA) is 64.9 Å². The molecule has 4 heteroatoms. The molecule has 0 bridgehead atoms. The number of hydrogen-bond acceptors (Lipinski definition) is 4. The highest BCUT2D eigenvalue weighted by atomic mass is 16.5. The van der Waals surface area contributed by atoms with Gasteiger partial charge < -0.3 is 10.3 Å². The van der Waals surface area contributed by atoms with Gasteiger partial charge in [0.05, 0.1) is 6.04 Å². The second kappa shape index (κ2) is 3.05. The zero-order valence-corrected chi connectivity index (χ0v) is 8.95. The summed E-state index contributed by atoms with van der Waals surface area (Å²) in [5, 5.41) is 3.95. The van der Waals surface area contributed by atoms with Crippen LogP contribution in [-0.2, 0) is 0 Å². The number of aromatic nitrogens is 2. The lowest BCUT2D eigenvalue weighted by atomic mass is 9.87. The predicted molar refractivity (Wildman–Crippen MR) is 52.7 cm³/mol. The van der Waals surface area contributed by atoms with Crippen LogP contribution in [0.4, 0.5) is 0 Å². The Hall–Kier alpha value is -0.900. The lowest BCUT2D eigenvalue weighted by molar-refractivity contribution is 0.252. The minimum atomic E-state index is -0.178. The predicted octanol–water partition coefficient (Wildman–Crippen LogP) is 1.99. The molecule has 1 fully saturated rings. The summed E-state index contributed by atoms with van der Waals surface area (Å²) in [5.41, 5.74) is 5.98. The monoisotopic (exact) mass is 195 g/mol. The molecule has 0 radical (unpaired) electrons. The van der Waals surface area contributed by atoms with E-state index in [4.69, 9.17) is 10.3 Å². The molecular weight excluding hydrogens is 178 g/mol. The smallest absolute Gasteiger partial charge is 0.244 e. The Morgan fingerprint density at radius 2 is 2.07 bits per heavy atom. The molecule has 78 valence electrons. The van der Waals surface area contributed by atoms with Crippen molar-refractivity contribution in [3.05, 3.63) is 11.7 Å². The van der Waals surface area contributed by atoms with Crippen molar-refractivity contribution in [1.29, 1.82) is 0 Å². The summed E-state index contributed by atoms with van der Waals surface area (Å²) in [4.78, 5) is 4.34. The van der Waals surface area contributed by atoms with Crippen LogP contribution < -0.4 is 5.73 Å². The van der Waals surface area contributed by atoms with Crippen LogP contribution in [-0.4, -0.2) is 10.1 Å². The normalized spacial score (nSPS) is 19.7. The van der Waals surface area contributed by atoms with Gasteiger partial charge >= 0.3 is 0 Å². The Balaban J connectivity index is 2.15. The first kappa shape index (κ1) is 9.65. The van der Waals surface area contributed by atoms with E-state index in [2.05, 4.69) is 30.9 Å². The van der Waals surface area contributed by atoms with E-state index in [9.17, 15) is 0 Å². The molecule has 1 aromatic rings. The van der Waals surface area contributed by atoms with Gasteiger partial charge in [0.15, 0.2) is 5.82 Å². The van der Waals surface area contributed by atoms with E-state index in [1.165, 1.54) is 12.8 Å². The molecule has 1 unspecified atom stereocenters. The van der Waals surface area contributed by atoms with Crippen molar-refractivity contribution >= 4 is 0 Å². The minimum Gasteiger partial charge on any atom is -0.338 e. The van der Waals surface area contributed by atoms with Gasteiger partial charge in [-0.15, -0.1) is 0 Å². The third-order valence-electron chi connectivity index (χ3n) is 2.60. The van der Waals surface area contributed by atoms with Crippen LogP contribution in [0.15, 0.2) is 4.52 Å². The van der Waals surface area contributed by atoms with E-state index in [1.54, 1.807) is 0 Å². The fourth-order valence-electron chi connectivity index (χ4n) is 1.25. The van der Waals surface area contributed by atoms with Crippen LogP contribution in [0, 0.1) is 5.41 Å². The SMILES string of the molecule is CC(C)(C)C(N)c1nc(C2CC2)no1. The van der Waals surface area contributed by atoms with Gasteiger partial charge in [-0.05, 0) is 18.3 Å². The first-order valence-corrected chi connectivity index (χ1v) is 5.07. The van der Waals surface area contributed by atoms with E-state index in [0.29, 0.717) is 11.8 Å². The molecule has 4 nitrogen and oxygen atoms in total. The molecule has 0 saturated heterocycles. The van der Waals surface area contributed by atoms with Crippen LogP contribution in [0.1, 0.15) is 57.3 Å². The van der Waals surface area contributed by atoms with Crippen molar-refractivity contribution in [3.63, 3.8) is 0 Å². The maximum atomic E-state index is 6.01. The minimum absolute atomic E-state index is 0.0344. The highest BCUT2D eigenvalue weighted by Crippen LogP contribution is 2.39. The largest absolute Gasteiger partial charge is 0.338 e. The average Bonchev–Trinajstić information content (AvgIpc) is 2.82. The maximum Gasteiger partial charge on any atom is 0.244 e. The molecule has 1 aliphatic carbocycles. The second-order valence-corrected chi connectivity index (χ2v) is 5.11. The summed E-state index contributed by atoms with van der Waals surface area (Å²) in [5.74, 6) is 1.93. The van der Waals surface area contributed by atoms with Gasteiger partial charge in [0.25, 0.3) is 0 Å². The van der Waals surface area contributed by atoms with Gasteiger partial charge in [0.1, 0.15) is 0 Å². The molecular formula is C10H17N3O. The molecule has 1 aliphatic rings. The van der Waals surface area contributed by atoms with Crippen molar-refractivity contribution in [2.75, 3.05) is 0 Å². The van der Waals surface area contributed by atoms with Crippen molar-refractivity contribution in [3.8, 4) is 0 Å². The van der Waals surface area contributed by atoms with Gasteiger partial charge in [0, 0.05) is 5.92 Å². The van der Waals surface area contributed by atoms with Gasteiger partial charge in [-0.1, -0.05) is 25.9 Å². The molecule has 0 aromatic carbocycles. The molecule has 1 aromatic heterocycles. The third-order valence-corrected chi connectivity index (χ3v) is 2.60. The van der Waals surface area contributed by atoms with Gasteiger partial charge in [-0.3, -0.25) is 0 Å². The Labute approximate surface area is 83.9 Å². The van der Waals surface area contributed by atoms with Crippen molar-refractivity contribution < 1.29 is 4.52 Å². The van der Waals surface area contributed by atoms with Crippen molar-refractivity contribution in [2.45, 2.75) is 45.6 Å². The molecule has 2 N–H and O–H groups in total. The zero-order valence-electron chi connectivity index (χ0n) is 8.95. The van der Waals surface area contributed by atoms with Gasteiger partial charge in [0.2, 0.25) is 5.89 Å². The average molecular weight is 195 g/mol. The summed E-state index contributed by atoms with van der Waals surface area (Å²) in [6.07, 6.45) is 2.37. The quantitative estimate of drug-likeness (QED) is 0.783. The highest BCUT2D eigenvalue weighted by Gasteiger charge is 2.32. The fourth-order valence-corrected chi connectivity index (χ4v) is 1.25. The van der Waals surface area contributed by atoms with Crippen LogP contribution in [0.25, 0.3) is 0 Å². The zero-order chi connectivity index (χ0) is 10.3. The van der Waals surface area contributed by atoms with E-state index in [1.807, 2.05) is 0 Å². The molecule has 0 aliphatic heterocycles. The van der Waals surface area contributed by atoms with E-state index in [0.717, 1.165) is 5.82 Å². The van der Waals surface area contributed by atoms with E-state index >= 15 is 0 Å². The number of rotatable bonds is 2. The molecule has 1 heterocycles. The number of nitrogens with zero attached hydrogens (tertiary/aromatic N) is 2. The summed E-state index contributed by atoms with van der Waals surface area (Å²) in [6, 6.07) is -0.178. The Morgan fingerprint density at radius 3 is 2.57 bits per heavy atom. The second-order valence-electron chi connectivity index (χ2n) is 5.11. The molecule has 0 spiro atoms. The maximum absolute atomic E-state index is 6.01. The molecule has 2 rings (SSSR count). The van der Waals surface area contributed by atoms with Crippen LogP contribution in [0.3, 0.4) is 0 Å². The van der Waals surface area contributed by atoms with Crippen molar-refractivity contribution in [2.24, 2.45) is 11.1 Å². The van der Waals surface area contributed by atoms with Crippen LogP contribution >= 0.6 is 0 Å². The van der Waals surface area contributed by atoms with Gasteiger partial charge in [-0.25, -0.2) is 0 Å². The van der Waals surface area contributed by atoms with E-state index in [-0.39, 0.29) is 11.5 Å². The van der Waals surface area contributed by atoms with Crippen LogP contribution in [0.5, 0.6) is 0 Å². The molecule has 0 amide bonds. The van der Waals surface area contributed by atoms with Crippen LogP contribution in [0.2, 0.25) is 0 Å². The Bertz CT molecular complexity index is 322. The lowest BCUT2D eigenvalue weighted by Crippen LogP contribution is -2.26. The summed E-state index contributed by atoms with van der Waals surface area (Å²) < 4.78 is 5.17. The third kappa shape index (κ3) is 1.80. The number of hydrogen-bond donors (Lipinski definition) is 1. The summed E-state index contributed by atoms with van der Waals surface area (Å²) in [7, 11) is 0. The summed E-state index contributed by atoms with van der Waals surface area (Å²) >= 11 is 0. The fraction of sp³-hybridized carbons (Fsp3) is 0.800. The molecule has 14 heavy (non-hydrogen) atoms. The highest BCUT2D eigenvalue weighted by molar-refractivity contribution is 5.05. The Morgan fingerprint density at radius 1 is 1.43 bits per heavy atom. The summed E-state index contributed by atoms with van der Waals surface area (Å²) in [6.45, 7) is 6.20. The first-order valence-electron chi connectivity index (χ1n) is 5.07. The van der Waals surface area contributed by atoms with Crippen molar-refractivity contribution in [1.82, 2.24) is 10.1 Å². The molecule has 1 saturated carbocycles. The number of nitrogens with two attached hydrogens (primary N) is 1.